The number of hydrogen-bond acceptors (Lipinski definition) is 2. The lowest BCUT2D eigenvalue weighted by Crippen LogP contribution is -2.25. The van der Waals surface area contributed by atoms with Gasteiger partial charge in [-0.1, -0.05) is 11.6 Å². The highest BCUT2D eigenvalue weighted by Gasteiger charge is 2.31. The Balaban J connectivity index is 2.35. The second-order valence-corrected chi connectivity index (χ2v) is 5.10. The van der Waals surface area contributed by atoms with Crippen LogP contribution in [0.1, 0.15) is 12.0 Å². The van der Waals surface area contributed by atoms with Gasteiger partial charge in [0.15, 0.2) is 0 Å². The van der Waals surface area contributed by atoms with E-state index in [-0.39, 0.29) is 11.8 Å². The molecule has 2 N–H and O–H groups in total. The highest BCUT2D eigenvalue weighted by Crippen LogP contribution is 2.33. The molecule has 92 valence electrons. The summed E-state index contributed by atoms with van der Waals surface area (Å²) in [6, 6.07) is 3.54. The molecule has 2 rings (SSSR count). The Labute approximate surface area is 110 Å². The molecule has 1 unspecified atom stereocenters. The molecule has 1 heterocycles. The van der Waals surface area contributed by atoms with Crippen LogP contribution in [-0.2, 0) is 4.79 Å². The number of aryl methyl sites for hydroxylation is 1. The van der Waals surface area contributed by atoms with Crippen LogP contribution in [-0.4, -0.2) is 18.3 Å². The smallest absolute Gasteiger partial charge is 0.227 e. The normalized spacial score (nSPS) is 20.1. The number of carbonyl (C=O) groups is 1. The average molecular weight is 273 g/mol. The van der Waals surface area contributed by atoms with Crippen LogP contribution < -0.4 is 10.6 Å². The lowest BCUT2D eigenvalue weighted by Gasteiger charge is -2.19. The van der Waals surface area contributed by atoms with Crippen LogP contribution in [0.5, 0.6) is 0 Å². The van der Waals surface area contributed by atoms with Gasteiger partial charge >= 0.3 is 0 Å². The van der Waals surface area contributed by atoms with E-state index >= 15 is 0 Å². The summed E-state index contributed by atoms with van der Waals surface area (Å²) >= 11 is 11.8. The maximum atomic E-state index is 11.9. The predicted octanol–water partition coefficient (Wildman–Crippen LogP) is 2.82. The Morgan fingerprint density at radius 1 is 1.53 bits per heavy atom. The molecule has 17 heavy (non-hydrogen) atoms. The van der Waals surface area contributed by atoms with Gasteiger partial charge in [-0.2, -0.15) is 0 Å². The van der Waals surface area contributed by atoms with Crippen LogP contribution in [0.2, 0.25) is 5.02 Å². The van der Waals surface area contributed by atoms with Crippen molar-refractivity contribution in [1.29, 1.82) is 0 Å². The summed E-state index contributed by atoms with van der Waals surface area (Å²) < 4.78 is 0. The van der Waals surface area contributed by atoms with Crippen molar-refractivity contribution in [2.75, 3.05) is 23.1 Å². The van der Waals surface area contributed by atoms with E-state index in [9.17, 15) is 4.79 Å². The van der Waals surface area contributed by atoms with Gasteiger partial charge in [0.1, 0.15) is 0 Å². The first kappa shape index (κ1) is 12.5. The summed E-state index contributed by atoms with van der Waals surface area (Å²) in [6.45, 7) is 2.53. The average Bonchev–Trinajstić information content (AvgIpc) is 2.65. The zero-order valence-electron chi connectivity index (χ0n) is 9.54. The van der Waals surface area contributed by atoms with Gasteiger partial charge in [0.2, 0.25) is 5.91 Å². The molecule has 1 saturated heterocycles. The zero-order chi connectivity index (χ0) is 12.6. The number of nitrogen functional groups attached to an aromatic ring is 1. The minimum absolute atomic E-state index is 0.0732. The molecule has 0 bridgehead atoms. The fourth-order valence-corrected chi connectivity index (χ4v) is 2.41. The van der Waals surface area contributed by atoms with Gasteiger partial charge in [-0.3, -0.25) is 4.79 Å². The topological polar surface area (TPSA) is 46.3 Å². The van der Waals surface area contributed by atoms with Crippen molar-refractivity contribution in [3.8, 4) is 0 Å². The fourth-order valence-electron chi connectivity index (χ4n) is 2.03. The van der Waals surface area contributed by atoms with Crippen molar-refractivity contribution in [2.24, 2.45) is 5.92 Å². The first-order valence-corrected chi connectivity index (χ1v) is 6.36. The molecule has 0 spiro atoms. The van der Waals surface area contributed by atoms with Crippen LogP contribution in [0, 0.1) is 12.8 Å². The maximum Gasteiger partial charge on any atom is 0.227 e. The number of amides is 1. The number of carbonyl (C=O) groups excluding carboxylic acids is 1. The van der Waals surface area contributed by atoms with Crippen molar-refractivity contribution >= 4 is 40.5 Å². The fraction of sp³-hybridized carbons (Fsp3) is 0.417. The number of halogens is 2. The third-order valence-corrected chi connectivity index (χ3v) is 3.87. The molecule has 1 amide bonds. The lowest BCUT2D eigenvalue weighted by molar-refractivity contribution is -0.117. The molecule has 3 nitrogen and oxygen atoms in total. The minimum atomic E-state index is 0.0732. The molecular formula is C12H14Cl2N2O. The number of nitrogens with zero attached hydrogens (tertiary/aromatic N) is 1. The van der Waals surface area contributed by atoms with Crippen LogP contribution >= 0.6 is 23.2 Å². The Morgan fingerprint density at radius 3 is 2.82 bits per heavy atom. The number of hydrogen-bond donors (Lipinski definition) is 1. The van der Waals surface area contributed by atoms with E-state index in [1.807, 2.05) is 13.0 Å². The van der Waals surface area contributed by atoms with E-state index in [1.54, 1.807) is 11.0 Å². The van der Waals surface area contributed by atoms with Gasteiger partial charge in [-0.05, 0) is 30.5 Å². The van der Waals surface area contributed by atoms with E-state index < -0.39 is 0 Å². The third kappa shape index (κ3) is 2.35. The molecule has 1 aromatic carbocycles. The molecule has 1 aliphatic rings. The van der Waals surface area contributed by atoms with Crippen molar-refractivity contribution < 1.29 is 4.79 Å². The summed E-state index contributed by atoms with van der Waals surface area (Å²) in [7, 11) is 0. The SMILES string of the molecule is Cc1cc(N2CC(CCl)CC2=O)c(N)cc1Cl. The lowest BCUT2D eigenvalue weighted by atomic mass is 10.1. The van der Waals surface area contributed by atoms with Crippen LogP contribution in [0.15, 0.2) is 12.1 Å². The van der Waals surface area contributed by atoms with E-state index in [4.69, 9.17) is 28.9 Å². The zero-order valence-corrected chi connectivity index (χ0v) is 11.1. The summed E-state index contributed by atoms with van der Waals surface area (Å²) in [5, 5.41) is 0.617. The molecule has 0 radical (unpaired) electrons. The first-order chi connectivity index (χ1) is 8.02. The van der Waals surface area contributed by atoms with Crippen molar-refractivity contribution in [2.45, 2.75) is 13.3 Å². The summed E-state index contributed by atoms with van der Waals surface area (Å²) in [6.07, 6.45) is 0.491. The number of anilines is 2. The van der Waals surface area contributed by atoms with Gasteiger partial charge in [-0.25, -0.2) is 0 Å². The summed E-state index contributed by atoms with van der Waals surface area (Å²) in [4.78, 5) is 13.6. The van der Waals surface area contributed by atoms with Crippen LogP contribution in [0.3, 0.4) is 0 Å². The standard InChI is InChI=1S/C12H14Cl2N2O/c1-7-2-11(10(15)4-9(7)14)16-6-8(5-13)3-12(16)17/h2,4,8H,3,5-6,15H2,1H3. The number of alkyl halides is 1. The molecule has 5 heteroatoms. The summed E-state index contributed by atoms with van der Waals surface area (Å²) in [5.41, 5.74) is 8.09. The number of nitrogens with two attached hydrogens (primary N) is 1. The Kier molecular flexibility index (Phi) is 3.50. The molecule has 0 aliphatic carbocycles. The van der Waals surface area contributed by atoms with Crippen molar-refractivity contribution in [3.05, 3.63) is 22.7 Å². The van der Waals surface area contributed by atoms with Crippen molar-refractivity contribution in [3.63, 3.8) is 0 Å². The van der Waals surface area contributed by atoms with E-state index in [0.29, 0.717) is 29.6 Å². The van der Waals surface area contributed by atoms with Crippen LogP contribution in [0.25, 0.3) is 0 Å². The second kappa shape index (κ2) is 4.75. The molecule has 0 saturated carbocycles. The largest absolute Gasteiger partial charge is 0.397 e. The van der Waals surface area contributed by atoms with Crippen molar-refractivity contribution in [1.82, 2.24) is 0 Å². The van der Waals surface area contributed by atoms with Gasteiger partial charge in [0.25, 0.3) is 0 Å². The van der Waals surface area contributed by atoms with E-state index in [1.165, 1.54) is 0 Å². The molecular weight excluding hydrogens is 259 g/mol. The minimum Gasteiger partial charge on any atom is -0.397 e. The Bertz CT molecular complexity index is 462. The summed E-state index contributed by atoms with van der Waals surface area (Å²) in [5.74, 6) is 0.776. The highest BCUT2D eigenvalue weighted by molar-refractivity contribution is 6.31. The predicted molar refractivity (Wildman–Crippen MR) is 71.8 cm³/mol. The van der Waals surface area contributed by atoms with Gasteiger partial charge < -0.3 is 10.6 Å². The number of rotatable bonds is 2. The van der Waals surface area contributed by atoms with E-state index in [0.717, 1.165) is 11.3 Å². The number of benzene rings is 1. The second-order valence-electron chi connectivity index (χ2n) is 4.39. The molecule has 1 aliphatic heterocycles. The third-order valence-electron chi connectivity index (χ3n) is 3.02. The molecule has 1 atom stereocenters. The van der Waals surface area contributed by atoms with Crippen LogP contribution in [0.4, 0.5) is 11.4 Å². The Hall–Kier alpha value is -0.930. The monoisotopic (exact) mass is 272 g/mol. The van der Waals surface area contributed by atoms with Gasteiger partial charge in [-0.15, -0.1) is 11.6 Å². The quantitative estimate of drug-likeness (QED) is 0.665. The first-order valence-electron chi connectivity index (χ1n) is 5.45. The van der Waals surface area contributed by atoms with Gasteiger partial charge in [0.05, 0.1) is 11.4 Å². The maximum absolute atomic E-state index is 11.9. The highest BCUT2D eigenvalue weighted by atomic mass is 35.5. The molecule has 1 fully saturated rings. The molecule has 1 aromatic rings. The Morgan fingerprint density at radius 2 is 2.24 bits per heavy atom. The van der Waals surface area contributed by atoms with E-state index in [2.05, 4.69) is 0 Å². The molecule has 0 aromatic heterocycles. The van der Waals surface area contributed by atoms with Gasteiger partial charge in [0, 0.05) is 23.9 Å².